The van der Waals surface area contributed by atoms with Gasteiger partial charge >= 0.3 is 0 Å². The van der Waals surface area contributed by atoms with Crippen LogP contribution < -0.4 is 0 Å². The molecule has 12 heavy (non-hydrogen) atoms. The summed E-state index contributed by atoms with van der Waals surface area (Å²) in [6.45, 7) is 13.3. The minimum absolute atomic E-state index is 0.822. The molecule has 0 aliphatic carbocycles. The topological polar surface area (TPSA) is 3.24 Å². The van der Waals surface area contributed by atoms with E-state index in [4.69, 9.17) is 0 Å². The fourth-order valence-electron chi connectivity index (χ4n) is 2.46. The maximum absolute atomic E-state index is 2.63. The van der Waals surface area contributed by atoms with Crippen LogP contribution in [0.2, 0.25) is 0 Å². The Labute approximate surface area is 77.1 Å². The van der Waals surface area contributed by atoms with Gasteiger partial charge in [0.2, 0.25) is 0 Å². The van der Waals surface area contributed by atoms with Gasteiger partial charge in [-0.15, -0.1) is 0 Å². The molecule has 1 heteroatoms. The normalized spacial score (nSPS) is 32.8. The first-order valence-electron chi connectivity index (χ1n) is 5.30. The van der Waals surface area contributed by atoms with Gasteiger partial charge in [0, 0.05) is 19.6 Å². The largest absolute Gasteiger partial charge is 0.303 e. The molecule has 0 N–H and O–H groups in total. The molecule has 0 radical (unpaired) electrons. The van der Waals surface area contributed by atoms with Crippen LogP contribution in [0.5, 0.6) is 0 Å². The van der Waals surface area contributed by atoms with Crippen molar-refractivity contribution >= 4 is 0 Å². The maximum atomic E-state index is 2.63. The average Bonchev–Trinajstić information content (AvgIpc) is 1.81. The van der Waals surface area contributed by atoms with Crippen molar-refractivity contribution in [3.8, 4) is 0 Å². The average molecular weight is 169 g/mol. The van der Waals surface area contributed by atoms with Gasteiger partial charge in [-0.1, -0.05) is 27.7 Å². The molecular formula is C11H23N. The Morgan fingerprint density at radius 3 is 2.08 bits per heavy atom. The summed E-state index contributed by atoms with van der Waals surface area (Å²) in [5.41, 5.74) is 0. The van der Waals surface area contributed by atoms with Crippen molar-refractivity contribution < 1.29 is 0 Å². The van der Waals surface area contributed by atoms with Gasteiger partial charge in [-0.05, 0) is 24.2 Å². The number of nitrogens with zero attached hydrogens (tertiary/aromatic N) is 1. The third-order valence-electron chi connectivity index (χ3n) is 2.57. The van der Waals surface area contributed by atoms with Crippen molar-refractivity contribution in [3.05, 3.63) is 0 Å². The number of hydrogen-bond donors (Lipinski definition) is 0. The van der Waals surface area contributed by atoms with Gasteiger partial charge < -0.3 is 4.90 Å². The Kier molecular flexibility index (Phi) is 3.57. The molecule has 0 unspecified atom stereocenters. The molecule has 2 atom stereocenters. The zero-order chi connectivity index (χ0) is 9.14. The number of piperidine rings is 1. The summed E-state index contributed by atoms with van der Waals surface area (Å²) in [4.78, 5) is 2.63. The smallest absolute Gasteiger partial charge is 0.000735 e. The van der Waals surface area contributed by atoms with Gasteiger partial charge in [0.1, 0.15) is 0 Å². The van der Waals surface area contributed by atoms with E-state index in [2.05, 4.69) is 32.6 Å². The Morgan fingerprint density at radius 2 is 1.67 bits per heavy atom. The maximum Gasteiger partial charge on any atom is 0.000735 e. The quantitative estimate of drug-likeness (QED) is 0.614. The van der Waals surface area contributed by atoms with Gasteiger partial charge in [-0.25, -0.2) is 0 Å². The molecule has 0 aromatic carbocycles. The molecule has 0 aromatic heterocycles. The molecule has 0 amide bonds. The SMILES string of the molecule is CC(C)CN1C[C@H](C)C[C@@H](C)C1. The summed E-state index contributed by atoms with van der Waals surface area (Å²) >= 11 is 0. The van der Waals surface area contributed by atoms with Crippen LogP contribution in [0.25, 0.3) is 0 Å². The second kappa shape index (κ2) is 4.27. The zero-order valence-corrected chi connectivity index (χ0v) is 9.01. The number of rotatable bonds is 2. The molecule has 1 rings (SSSR count). The summed E-state index contributed by atoms with van der Waals surface area (Å²) < 4.78 is 0. The molecule has 1 saturated heterocycles. The summed E-state index contributed by atoms with van der Waals surface area (Å²) in [6, 6.07) is 0. The molecule has 0 spiro atoms. The minimum Gasteiger partial charge on any atom is -0.303 e. The van der Waals surface area contributed by atoms with Gasteiger partial charge in [-0.2, -0.15) is 0 Å². The Balaban J connectivity index is 2.34. The number of hydrogen-bond acceptors (Lipinski definition) is 1. The Bertz CT molecular complexity index is 118. The van der Waals surface area contributed by atoms with Crippen LogP contribution in [0.1, 0.15) is 34.1 Å². The van der Waals surface area contributed by atoms with Gasteiger partial charge in [-0.3, -0.25) is 0 Å². The summed E-state index contributed by atoms with van der Waals surface area (Å²) in [5, 5.41) is 0. The van der Waals surface area contributed by atoms with Crippen molar-refractivity contribution in [2.24, 2.45) is 17.8 Å². The Hall–Kier alpha value is -0.0400. The predicted molar refractivity (Wildman–Crippen MR) is 54.2 cm³/mol. The van der Waals surface area contributed by atoms with Crippen LogP contribution in [-0.4, -0.2) is 24.5 Å². The summed E-state index contributed by atoms with van der Waals surface area (Å²) in [7, 11) is 0. The van der Waals surface area contributed by atoms with Crippen molar-refractivity contribution in [3.63, 3.8) is 0 Å². The molecule has 1 heterocycles. The predicted octanol–water partition coefficient (Wildman–Crippen LogP) is 2.62. The lowest BCUT2D eigenvalue weighted by atomic mass is 9.91. The van der Waals surface area contributed by atoms with Gasteiger partial charge in [0.05, 0.1) is 0 Å². The third kappa shape index (κ3) is 3.14. The van der Waals surface area contributed by atoms with E-state index in [-0.39, 0.29) is 0 Å². The van der Waals surface area contributed by atoms with Crippen molar-refractivity contribution in [1.29, 1.82) is 0 Å². The lowest BCUT2D eigenvalue weighted by molar-refractivity contribution is 0.128. The first kappa shape index (κ1) is 10.0. The van der Waals surface area contributed by atoms with Gasteiger partial charge in [0.25, 0.3) is 0 Å². The fourth-order valence-corrected chi connectivity index (χ4v) is 2.46. The molecule has 1 nitrogen and oxygen atoms in total. The highest BCUT2D eigenvalue weighted by atomic mass is 15.1. The zero-order valence-electron chi connectivity index (χ0n) is 9.01. The van der Waals surface area contributed by atoms with Crippen molar-refractivity contribution in [2.75, 3.05) is 19.6 Å². The van der Waals surface area contributed by atoms with Crippen LogP contribution in [0, 0.1) is 17.8 Å². The minimum atomic E-state index is 0.822. The fraction of sp³-hybridized carbons (Fsp3) is 1.00. The van der Waals surface area contributed by atoms with Crippen LogP contribution in [-0.2, 0) is 0 Å². The number of likely N-dealkylation sites (tertiary alicyclic amines) is 1. The first-order valence-corrected chi connectivity index (χ1v) is 5.30. The van der Waals surface area contributed by atoms with Crippen LogP contribution in [0.4, 0.5) is 0 Å². The van der Waals surface area contributed by atoms with Gasteiger partial charge in [0.15, 0.2) is 0 Å². The Morgan fingerprint density at radius 1 is 1.17 bits per heavy atom. The van der Waals surface area contributed by atoms with E-state index in [1.54, 1.807) is 0 Å². The van der Waals surface area contributed by atoms with E-state index < -0.39 is 0 Å². The van der Waals surface area contributed by atoms with Crippen LogP contribution >= 0.6 is 0 Å². The van der Waals surface area contributed by atoms with Crippen molar-refractivity contribution in [1.82, 2.24) is 4.90 Å². The molecule has 1 fully saturated rings. The molecule has 1 aliphatic heterocycles. The van der Waals surface area contributed by atoms with E-state index in [1.165, 1.54) is 26.1 Å². The molecular weight excluding hydrogens is 146 g/mol. The summed E-state index contributed by atoms with van der Waals surface area (Å²) in [5.74, 6) is 2.64. The van der Waals surface area contributed by atoms with E-state index in [1.807, 2.05) is 0 Å². The van der Waals surface area contributed by atoms with E-state index in [9.17, 15) is 0 Å². The molecule has 1 aliphatic rings. The summed E-state index contributed by atoms with van der Waals surface area (Å²) in [6.07, 6.45) is 1.43. The van der Waals surface area contributed by atoms with Crippen molar-refractivity contribution in [2.45, 2.75) is 34.1 Å². The molecule has 0 bridgehead atoms. The van der Waals surface area contributed by atoms with E-state index in [0.717, 1.165) is 17.8 Å². The third-order valence-corrected chi connectivity index (χ3v) is 2.57. The van der Waals surface area contributed by atoms with Crippen LogP contribution in [0.3, 0.4) is 0 Å². The first-order chi connectivity index (χ1) is 5.58. The second-order valence-corrected chi connectivity index (χ2v) is 5.06. The van der Waals surface area contributed by atoms with E-state index in [0.29, 0.717) is 0 Å². The molecule has 0 saturated carbocycles. The molecule has 72 valence electrons. The van der Waals surface area contributed by atoms with E-state index >= 15 is 0 Å². The molecule has 0 aromatic rings. The highest BCUT2D eigenvalue weighted by molar-refractivity contribution is 4.74. The van der Waals surface area contributed by atoms with Crippen LogP contribution in [0.15, 0.2) is 0 Å². The lowest BCUT2D eigenvalue weighted by Gasteiger charge is -2.35. The lowest BCUT2D eigenvalue weighted by Crippen LogP contribution is -2.40. The highest BCUT2D eigenvalue weighted by Gasteiger charge is 2.21. The standard InChI is InChI=1S/C11H23N/c1-9(2)6-12-7-10(3)5-11(4)8-12/h9-11H,5-8H2,1-4H3/t10-,11-/m1/s1. The monoisotopic (exact) mass is 169 g/mol. The highest BCUT2D eigenvalue weighted by Crippen LogP contribution is 2.21. The second-order valence-electron chi connectivity index (χ2n) is 5.06.